The second kappa shape index (κ2) is 15.5. The summed E-state index contributed by atoms with van der Waals surface area (Å²) in [5.41, 5.74) is 6.42. The minimum atomic E-state index is -1.18. The van der Waals surface area contributed by atoms with Crippen molar-refractivity contribution in [1.29, 1.82) is 0 Å². The van der Waals surface area contributed by atoms with E-state index in [2.05, 4.69) is 82.7 Å². The quantitative estimate of drug-likeness (QED) is 0.0538. The molecule has 3 N–H and O–H groups in total. The highest BCUT2D eigenvalue weighted by Gasteiger charge is 2.22. The molecule has 0 amide bonds. The molecule has 0 unspecified atom stereocenters. The Hall–Kier alpha value is -3.39. The third-order valence-corrected chi connectivity index (χ3v) is 10.2. The van der Waals surface area contributed by atoms with Crippen molar-refractivity contribution in [3.05, 3.63) is 93.3 Å². The molecule has 5 aromatic rings. The molecule has 0 aliphatic carbocycles. The number of ether oxygens (including phenoxy) is 1. The molecule has 5 rings (SSSR count). The zero-order valence-electron chi connectivity index (χ0n) is 24.7. The van der Waals surface area contributed by atoms with E-state index in [1.165, 1.54) is 29.2 Å². The number of nitrogens with zero attached hydrogens (tertiary/aromatic N) is 5. The van der Waals surface area contributed by atoms with E-state index in [-0.39, 0.29) is 43.6 Å². The van der Waals surface area contributed by atoms with E-state index in [0.29, 0.717) is 33.4 Å². The molecule has 19 heteroatoms. The summed E-state index contributed by atoms with van der Waals surface area (Å²) < 4.78 is 47.6. The number of hydrogen-bond acceptors (Lipinski definition) is 8. The highest BCUT2D eigenvalue weighted by Crippen LogP contribution is 2.34. The highest BCUT2D eigenvalue weighted by molar-refractivity contribution is 9.11. The van der Waals surface area contributed by atoms with Gasteiger partial charge in [0.1, 0.15) is 21.5 Å². The van der Waals surface area contributed by atoms with Gasteiger partial charge in [0, 0.05) is 38.1 Å². The van der Waals surface area contributed by atoms with Crippen molar-refractivity contribution in [2.45, 2.75) is 39.3 Å². The topological polar surface area (TPSA) is 168 Å². The summed E-state index contributed by atoms with van der Waals surface area (Å²) in [6, 6.07) is 6.80. The lowest BCUT2D eigenvalue weighted by Gasteiger charge is -2.15. The van der Waals surface area contributed by atoms with Crippen LogP contribution in [0.25, 0.3) is 21.8 Å². The number of halogens is 6. The maximum atomic E-state index is 14.1. The number of hydrogen-bond donors (Lipinski definition) is 2. The fraction of sp³-hybridized carbons (Fsp3) is 0.259. The molecule has 2 heterocycles. The van der Waals surface area contributed by atoms with Crippen LogP contribution in [-0.2, 0) is 11.5 Å². The molecule has 246 valence electrons. The molecule has 12 nitrogen and oxygen atoms in total. The third kappa shape index (κ3) is 8.90. The molecule has 0 spiro atoms. The van der Waals surface area contributed by atoms with Crippen LogP contribution < -0.4 is 5.73 Å². The number of H-pyrrole nitrogens is 1. The fourth-order valence-corrected chi connectivity index (χ4v) is 5.85. The van der Waals surface area contributed by atoms with Crippen molar-refractivity contribution in [3.63, 3.8) is 0 Å². The molecule has 0 aliphatic heterocycles. The van der Waals surface area contributed by atoms with Gasteiger partial charge < -0.3 is 10.5 Å². The number of nitro benzene ring substituents is 2. The monoisotopic (exact) mass is 851 g/mol. The zero-order chi connectivity index (χ0) is 34.5. The van der Waals surface area contributed by atoms with Crippen molar-refractivity contribution < 1.29 is 27.8 Å². The summed E-state index contributed by atoms with van der Waals surface area (Å²) in [6.07, 6.45) is 2.63. The van der Waals surface area contributed by atoms with Gasteiger partial charge in [-0.3, -0.25) is 25.3 Å². The number of aromatic amines is 1. The number of aromatic nitrogens is 4. The van der Waals surface area contributed by atoms with Gasteiger partial charge in [0.05, 0.1) is 48.5 Å². The second-order valence-electron chi connectivity index (χ2n) is 10.9. The SMILES string of the molecule is C[Si](C)(C)CCOCn1ncc2c(F)c(Br)c([N+](=O)[O-])cc21.Cc1c(N)ccc(Br)c1F.O=[N+]([O-])c1cc2[nH]ncc2c(F)c1Br. The van der Waals surface area contributed by atoms with Crippen LogP contribution in [0.3, 0.4) is 0 Å². The van der Waals surface area contributed by atoms with Crippen LogP contribution in [0.1, 0.15) is 5.56 Å². The van der Waals surface area contributed by atoms with Gasteiger partial charge in [0.15, 0.2) is 11.6 Å². The van der Waals surface area contributed by atoms with E-state index in [1.54, 1.807) is 19.1 Å². The molecule has 0 fully saturated rings. The van der Waals surface area contributed by atoms with E-state index < -0.39 is 29.6 Å². The van der Waals surface area contributed by atoms with Gasteiger partial charge in [-0.2, -0.15) is 10.2 Å². The summed E-state index contributed by atoms with van der Waals surface area (Å²) in [5, 5.41) is 32.1. The summed E-state index contributed by atoms with van der Waals surface area (Å²) in [5.74, 6) is -1.64. The summed E-state index contributed by atoms with van der Waals surface area (Å²) in [6.45, 7) is 9.13. The average Bonchev–Trinajstić information content (AvgIpc) is 3.63. The van der Waals surface area contributed by atoms with Crippen LogP contribution in [0.2, 0.25) is 25.7 Å². The zero-order valence-corrected chi connectivity index (χ0v) is 30.5. The summed E-state index contributed by atoms with van der Waals surface area (Å²) >= 11 is 8.79. The first-order valence-electron chi connectivity index (χ1n) is 13.2. The van der Waals surface area contributed by atoms with Crippen LogP contribution in [0, 0.1) is 44.6 Å². The largest absolute Gasteiger partial charge is 0.398 e. The number of anilines is 1. The maximum Gasteiger partial charge on any atom is 0.288 e. The second-order valence-corrected chi connectivity index (χ2v) is 19.0. The Labute approximate surface area is 286 Å². The Morgan fingerprint density at radius 1 is 0.957 bits per heavy atom. The lowest BCUT2D eigenvalue weighted by molar-refractivity contribution is -0.385. The molecule has 2 aromatic heterocycles. The lowest BCUT2D eigenvalue weighted by Crippen LogP contribution is -2.22. The van der Waals surface area contributed by atoms with Gasteiger partial charge in [0.2, 0.25) is 0 Å². The molecule has 0 saturated heterocycles. The Bertz CT molecular complexity index is 1890. The third-order valence-electron chi connectivity index (χ3n) is 6.40. The van der Waals surface area contributed by atoms with E-state index in [1.807, 2.05) is 0 Å². The number of nitrogen functional groups attached to an aromatic ring is 1. The predicted molar refractivity (Wildman–Crippen MR) is 182 cm³/mol. The van der Waals surface area contributed by atoms with E-state index in [9.17, 15) is 33.4 Å². The van der Waals surface area contributed by atoms with Crippen LogP contribution in [0.4, 0.5) is 30.2 Å². The van der Waals surface area contributed by atoms with Crippen molar-refractivity contribution in [1.82, 2.24) is 20.0 Å². The molecule has 0 aliphatic rings. The smallest absolute Gasteiger partial charge is 0.288 e. The van der Waals surface area contributed by atoms with Crippen molar-refractivity contribution in [2.24, 2.45) is 0 Å². The number of fused-ring (bicyclic) bond motifs is 2. The number of benzene rings is 3. The van der Waals surface area contributed by atoms with E-state index >= 15 is 0 Å². The van der Waals surface area contributed by atoms with E-state index in [4.69, 9.17) is 10.5 Å². The lowest BCUT2D eigenvalue weighted by atomic mass is 10.2. The minimum Gasteiger partial charge on any atom is -0.398 e. The van der Waals surface area contributed by atoms with Gasteiger partial charge in [0.25, 0.3) is 11.4 Å². The molecular formula is C27H27Br3F3N7O5Si. The number of nitrogens with two attached hydrogens (primary N) is 1. The highest BCUT2D eigenvalue weighted by atomic mass is 79.9. The number of rotatable bonds is 7. The molecule has 46 heavy (non-hydrogen) atoms. The molecule has 0 atom stereocenters. The normalized spacial score (nSPS) is 11.2. The molecule has 0 radical (unpaired) electrons. The predicted octanol–water partition coefficient (Wildman–Crippen LogP) is 9.01. The van der Waals surface area contributed by atoms with Gasteiger partial charge in [-0.15, -0.1) is 0 Å². The maximum absolute atomic E-state index is 14.1. The Morgan fingerprint density at radius 3 is 2.11 bits per heavy atom. The summed E-state index contributed by atoms with van der Waals surface area (Å²) in [7, 11) is -1.18. The number of nitrogens with one attached hydrogen (secondary N) is 1. The van der Waals surface area contributed by atoms with Crippen LogP contribution in [0.15, 0.2) is 50.1 Å². The first-order valence-corrected chi connectivity index (χ1v) is 19.2. The van der Waals surface area contributed by atoms with Crippen molar-refractivity contribution in [2.75, 3.05) is 12.3 Å². The number of nitro groups is 2. The first-order chi connectivity index (χ1) is 21.4. The van der Waals surface area contributed by atoms with Gasteiger partial charge >= 0.3 is 0 Å². The Balaban J connectivity index is 0.000000205. The van der Waals surface area contributed by atoms with Crippen LogP contribution >= 0.6 is 47.8 Å². The first kappa shape index (κ1) is 37.1. The van der Waals surface area contributed by atoms with Crippen molar-refractivity contribution in [3.8, 4) is 0 Å². The minimum absolute atomic E-state index is 0.145. The van der Waals surface area contributed by atoms with Gasteiger partial charge in [-0.25, -0.2) is 17.9 Å². The Morgan fingerprint density at radius 2 is 1.54 bits per heavy atom. The molecular weight excluding hydrogens is 827 g/mol. The standard InChI is InChI=1S/C13H17BrFN3O3Si.C7H3BrFN3O2.C7H7BrFN/c1-22(2,3)5-4-21-8-17-10-6-11(18(19)20)12(14)13(15)9(10)7-16-17;8-6-5(12(13)14)1-4-3(7(6)9)2-10-11-4;1-4-6(10)3-2-5(8)7(4)9/h6-7H,4-5,8H2,1-3H3;1-2H,(H,10,11);2-3H,10H2,1H3. The van der Waals surface area contributed by atoms with Crippen LogP contribution in [0.5, 0.6) is 0 Å². The fourth-order valence-electron chi connectivity index (χ4n) is 3.72. The van der Waals surface area contributed by atoms with Gasteiger partial charge in [-0.05, 0) is 72.9 Å². The molecule has 3 aromatic carbocycles. The Kier molecular flexibility index (Phi) is 12.5. The van der Waals surface area contributed by atoms with E-state index in [0.717, 1.165) is 6.04 Å². The van der Waals surface area contributed by atoms with Crippen molar-refractivity contribution >= 4 is 94.7 Å². The molecule has 0 bridgehead atoms. The average molecular weight is 854 g/mol. The summed E-state index contributed by atoms with van der Waals surface area (Å²) in [4.78, 5) is 20.2. The van der Waals surface area contributed by atoms with Crippen LogP contribution in [-0.4, -0.2) is 44.5 Å². The van der Waals surface area contributed by atoms with Gasteiger partial charge in [-0.1, -0.05) is 19.6 Å². The molecule has 0 saturated carbocycles.